The summed E-state index contributed by atoms with van der Waals surface area (Å²) in [5, 5.41) is 0.656. The Morgan fingerprint density at radius 1 is 1.12 bits per heavy atom. The van der Waals surface area contributed by atoms with Crippen LogP contribution in [-0.2, 0) is 11.4 Å². The van der Waals surface area contributed by atoms with E-state index in [1.165, 1.54) is 4.90 Å². The molecule has 0 aliphatic carbocycles. The first kappa shape index (κ1) is 17.7. The molecule has 3 aromatic rings. The Kier molecular flexibility index (Phi) is 5.07. The van der Waals surface area contributed by atoms with Gasteiger partial charge in [0.25, 0.3) is 11.7 Å². The molecule has 1 N–H and O–H groups in total. The molecule has 3 rings (SSSR count). The molecule has 0 saturated carbocycles. The van der Waals surface area contributed by atoms with E-state index >= 15 is 0 Å². The third-order valence-electron chi connectivity index (χ3n) is 4.50. The zero-order valence-electron chi connectivity index (χ0n) is 15.2. The summed E-state index contributed by atoms with van der Waals surface area (Å²) in [7, 11) is 1.62. The number of amides is 1. The Bertz CT molecular complexity index is 945. The van der Waals surface area contributed by atoms with Crippen LogP contribution >= 0.6 is 0 Å². The number of aryl methyl sites for hydroxylation is 1. The van der Waals surface area contributed by atoms with Crippen LogP contribution in [0.15, 0.2) is 48.7 Å². The van der Waals surface area contributed by atoms with Gasteiger partial charge in [-0.1, -0.05) is 36.4 Å². The van der Waals surface area contributed by atoms with Crippen molar-refractivity contribution in [2.24, 2.45) is 0 Å². The number of benzene rings is 2. The number of nitrogens with zero attached hydrogens (tertiary/aromatic N) is 1. The highest BCUT2D eigenvalue weighted by molar-refractivity contribution is 6.45. The van der Waals surface area contributed by atoms with E-state index in [9.17, 15) is 9.59 Å². The van der Waals surface area contributed by atoms with Gasteiger partial charge in [-0.3, -0.25) is 9.59 Å². The average molecular weight is 350 g/mol. The minimum atomic E-state index is -0.532. The fourth-order valence-corrected chi connectivity index (χ4v) is 2.82. The molecule has 0 aliphatic rings. The van der Waals surface area contributed by atoms with Crippen LogP contribution < -0.4 is 4.74 Å². The highest BCUT2D eigenvalue weighted by Gasteiger charge is 2.25. The summed E-state index contributed by atoms with van der Waals surface area (Å²) in [5.41, 5.74) is 3.18. The molecular formula is C21H22N2O3. The molecule has 0 unspecified atom stereocenters. The van der Waals surface area contributed by atoms with Gasteiger partial charge in [0.15, 0.2) is 0 Å². The summed E-state index contributed by atoms with van der Waals surface area (Å²) in [6.45, 7) is 4.65. The number of nitrogens with one attached hydrogen (secondary N) is 1. The standard InChI is InChI=1S/C21H22N2O3/c1-4-23(3)21(25)20(24)16-12-22-19-14(2)10-11-17(18(16)19)26-13-15-8-6-5-7-9-15/h5-12,22H,4,13H2,1-3H3. The Labute approximate surface area is 152 Å². The van der Waals surface area contributed by atoms with Gasteiger partial charge < -0.3 is 14.6 Å². The van der Waals surface area contributed by atoms with Crippen molar-refractivity contribution in [1.82, 2.24) is 9.88 Å². The molecule has 0 atom stereocenters. The molecular weight excluding hydrogens is 328 g/mol. The molecule has 0 spiro atoms. The molecule has 5 heteroatoms. The smallest absolute Gasteiger partial charge is 0.294 e. The lowest BCUT2D eigenvalue weighted by Gasteiger charge is -2.14. The quantitative estimate of drug-likeness (QED) is 0.544. The normalized spacial score (nSPS) is 10.7. The van der Waals surface area contributed by atoms with Crippen LogP contribution in [-0.4, -0.2) is 35.2 Å². The second kappa shape index (κ2) is 7.44. The zero-order chi connectivity index (χ0) is 18.7. The van der Waals surface area contributed by atoms with E-state index in [1.807, 2.05) is 56.3 Å². The van der Waals surface area contributed by atoms with E-state index in [2.05, 4.69) is 4.98 Å². The molecule has 2 aromatic carbocycles. The SMILES string of the molecule is CCN(C)C(=O)C(=O)c1c[nH]c2c(C)ccc(OCc3ccccc3)c12. The number of carbonyl (C=O) groups is 2. The molecule has 26 heavy (non-hydrogen) atoms. The van der Waals surface area contributed by atoms with Gasteiger partial charge in [0.05, 0.1) is 16.5 Å². The molecule has 0 saturated heterocycles. The lowest BCUT2D eigenvalue weighted by Crippen LogP contribution is -2.33. The summed E-state index contributed by atoms with van der Waals surface area (Å²) in [6.07, 6.45) is 1.59. The van der Waals surface area contributed by atoms with Gasteiger partial charge in [0.2, 0.25) is 0 Å². The summed E-state index contributed by atoms with van der Waals surface area (Å²) in [5.74, 6) is -0.467. The van der Waals surface area contributed by atoms with Crippen LogP contribution in [0.1, 0.15) is 28.4 Å². The second-order valence-electron chi connectivity index (χ2n) is 6.26. The Hall–Kier alpha value is -3.08. The van der Waals surface area contributed by atoms with Crippen molar-refractivity contribution in [3.05, 3.63) is 65.4 Å². The zero-order valence-corrected chi connectivity index (χ0v) is 15.2. The van der Waals surface area contributed by atoms with Gasteiger partial charge in [-0.2, -0.15) is 0 Å². The van der Waals surface area contributed by atoms with Crippen LogP contribution in [0.25, 0.3) is 10.9 Å². The summed E-state index contributed by atoms with van der Waals surface area (Å²) < 4.78 is 5.98. The third-order valence-corrected chi connectivity index (χ3v) is 4.50. The molecule has 0 fully saturated rings. The maximum atomic E-state index is 12.7. The highest BCUT2D eigenvalue weighted by atomic mass is 16.5. The molecule has 0 bridgehead atoms. The van der Waals surface area contributed by atoms with Gasteiger partial charge in [0, 0.05) is 19.8 Å². The Morgan fingerprint density at radius 3 is 2.54 bits per heavy atom. The second-order valence-corrected chi connectivity index (χ2v) is 6.26. The number of carbonyl (C=O) groups excluding carboxylic acids is 2. The van der Waals surface area contributed by atoms with Crippen molar-refractivity contribution in [3.63, 3.8) is 0 Å². The number of aromatic nitrogens is 1. The first-order chi connectivity index (χ1) is 12.5. The van der Waals surface area contributed by atoms with Gasteiger partial charge in [-0.15, -0.1) is 0 Å². The average Bonchev–Trinajstić information content (AvgIpc) is 3.12. The van der Waals surface area contributed by atoms with E-state index < -0.39 is 11.7 Å². The Balaban J connectivity index is 1.99. The van der Waals surface area contributed by atoms with Gasteiger partial charge in [0.1, 0.15) is 12.4 Å². The molecule has 1 amide bonds. The van der Waals surface area contributed by atoms with Crippen molar-refractivity contribution < 1.29 is 14.3 Å². The molecule has 0 radical (unpaired) electrons. The fourth-order valence-electron chi connectivity index (χ4n) is 2.82. The number of ketones is 1. The number of Topliss-reactive ketones (excluding diaryl/α,β-unsaturated/α-hetero) is 1. The number of H-pyrrole nitrogens is 1. The number of likely N-dealkylation sites (N-methyl/N-ethyl adjacent to an activating group) is 1. The monoisotopic (exact) mass is 350 g/mol. The van der Waals surface area contributed by atoms with E-state index in [1.54, 1.807) is 13.2 Å². The van der Waals surface area contributed by atoms with Crippen molar-refractivity contribution in [1.29, 1.82) is 0 Å². The maximum absolute atomic E-state index is 12.7. The lowest BCUT2D eigenvalue weighted by atomic mass is 10.0. The first-order valence-corrected chi connectivity index (χ1v) is 8.60. The molecule has 134 valence electrons. The number of rotatable bonds is 6. The van der Waals surface area contributed by atoms with Crippen molar-refractivity contribution in [2.45, 2.75) is 20.5 Å². The van der Waals surface area contributed by atoms with Crippen LogP contribution in [0, 0.1) is 6.92 Å². The van der Waals surface area contributed by atoms with Crippen molar-refractivity contribution in [3.8, 4) is 5.75 Å². The van der Waals surface area contributed by atoms with E-state index in [0.717, 1.165) is 16.6 Å². The number of hydrogen-bond donors (Lipinski definition) is 1. The predicted octanol–water partition coefficient (Wildman–Crippen LogP) is 3.72. The maximum Gasteiger partial charge on any atom is 0.294 e. The minimum absolute atomic E-state index is 0.345. The predicted molar refractivity (Wildman–Crippen MR) is 101 cm³/mol. The summed E-state index contributed by atoms with van der Waals surface area (Å²) in [4.78, 5) is 29.5. The summed E-state index contributed by atoms with van der Waals surface area (Å²) >= 11 is 0. The Morgan fingerprint density at radius 2 is 1.85 bits per heavy atom. The minimum Gasteiger partial charge on any atom is -0.488 e. The van der Waals surface area contributed by atoms with Crippen LogP contribution in [0.2, 0.25) is 0 Å². The van der Waals surface area contributed by atoms with Crippen LogP contribution in [0.3, 0.4) is 0 Å². The van der Waals surface area contributed by atoms with Gasteiger partial charge in [-0.25, -0.2) is 0 Å². The molecule has 1 heterocycles. The number of ether oxygens (including phenoxy) is 1. The van der Waals surface area contributed by atoms with Crippen LogP contribution in [0.5, 0.6) is 5.75 Å². The van der Waals surface area contributed by atoms with Gasteiger partial charge in [-0.05, 0) is 31.0 Å². The van der Waals surface area contributed by atoms with E-state index in [4.69, 9.17) is 4.74 Å². The number of fused-ring (bicyclic) bond motifs is 1. The van der Waals surface area contributed by atoms with Crippen molar-refractivity contribution in [2.75, 3.05) is 13.6 Å². The largest absolute Gasteiger partial charge is 0.488 e. The lowest BCUT2D eigenvalue weighted by molar-refractivity contribution is -0.125. The van der Waals surface area contributed by atoms with Gasteiger partial charge >= 0.3 is 0 Å². The van der Waals surface area contributed by atoms with Crippen molar-refractivity contribution >= 4 is 22.6 Å². The highest BCUT2D eigenvalue weighted by Crippen LogP contribution is 2.32. The molecule has 5 nitrogen and oxygen atoms in total. The third kappa shape index (κ3) is 3.33. The topological polar surface area (TPSA) is 62.4 Å². The number of hydrogen-bond acceptors (Lipinski definition) is 3. The molecule has 1 aromatic heterocycles. The fraction of sp³-hybridized carbons (Fsp3) is 0.238. The van der Waals surface area contributed by atoms with E-state index in [-0.39, 0.29) is 0 Å². The molecule has 0 aliphatic heterocycles. The first-order valence-electron chi connectivity index (χ1n) is 8.60. The van der Waals surface area contributed by atoms with E-state index in [0.29, 0.717) is 29.9 Å². The number of aromatic amines is 1. The summed E-state index contributed by atoms with van der Waals surface area (Å²) in [6, 6.07) is 13.6. The van der Waals surface area contributed by atoms with Crippen LogP contribution in [0.4, 0.5) is 0 Å².